The first-order valence-corrected chi connectivity index (χ1v) is 9.58. The van der Waals surface area contributed by atoms with Crippen LogP contribution >= 0.6 is 11.6 Å². The van der Waals surface area contributed by atoms with E-state index in [1.165, 1.54) is 0 Å². The second-order valence-electron chi connectivity index (χ2n) is 6.44. The van der Waals surface area contributed by atoms with Crippen molar-refractivity contribution in [1.29, 1.82) is 0 Å². The van der Waals surface area contributed by atoms with Crippen LogP contribution < -0.4 is 4.74 Å². The van der Waals surface area contributed by atoms with E-state index in [1.54, 1.807) is 53.7 Å². The first-order valence-electron chi connectivity index (χ1n) is 9.21. The number of amides is 1. The Balaban J connectivity index is 1.31. The van der Waals surface area contributed by atoms with Crippen molar-refractivity contribution in [2.45, 2.75) is 12.5 Å². The molecule has 1 aliphatic rings. The van der Waals surface area contributed by atoms with Crippen molar-refractivity contribution in [1.82, 2.24) is 20.0 Å². The van der Waals surface area contributed by atoms with Crippen molar-refractivity contribution >= 4 is 17.5 Å². The molecular weight excluding hydrogens is 396 g/mol. The largest absolute Gasteiger partial charge is 0.493 e. The Labute approximate surface area is 172 Å². The highest BCUT2D eigenvalue weighted by atomic mass is 35.5. The van der Waals surface area contributed by atoms with Gasteiger partial charge in [-0.15, -0.1) is 0 Å². The summed E-state index contributed by atoms with van der Waals surface area (Å²) < 4.78 is 16.7. The molecule has 3 heterocycles. The number of pyridine rings is 1. The van der Waals surface area contributed by atoms with Crippen molar-refractivity contribution in [3.05, 3.63) is 59.7 Å². The summed E-state index contributed by atoms with van der Waals surface area (Å²) in [5.74, 6) is 1.48. The van der Waals surface area contributed by atoms with Crippen molar-refractivity contribution < 1.29 is 18.8 Å². The SMILES string of the molecule is O=C(CCOc1ccc(Cl)cc1)N1CCOC(c2nc(-c3ccncc3)no2)C1. The number of nitrogens with zero attached hydrogens (tertiary/aromatic N) is 4. The summed E-state index contributed by atoms with van der Waals surface area (Å²) in [5.41, 5.74) is 0.804. The van der Waals surface area contributed by atoms with Crippen molar-refractivity contribution in [2.75, 3.05) is 26.3 Å². The van der Waals surface area contributed by atoms with Gasteiger partial charge in [0, 0.05) is 29.5 Å². The summed E-state index contributed by atoms with van der Waals surface area (Å²) in [7, 11) is 0. The number of rotatable bonds is 6. The maximum absolute atomic E-state index is 12.5. The number of aromatic nitrogens is 3. The van der Waals surface area contributed by atoms with Crippen LogP contribution in [-0.4, -0.2) is 52.2 Å². The number of halogens is 1. The maximum Gasteiger partial charge on any atom is 0.257 e. The zero-order chi connectivity index (χ0) is 20.1. The van der Waals surface area contributed by atoms with Crippen LogP contribution in [0.25, 0.3) is 11.4 Å². The normalized spacial score (nSPS) is 16.6. The van der Waals surface area contributed by atoms with Gasteiger partial charge in [0.1, 0.15) is 5.75 Å². The summed E-state index contributed by atoms with van der Waals surface area (Å²) in [4.78, 5) is 22.6. The van der Waals surface area contributed by atoms with Crippen LogP contribution in [0, 0.1) is 0 Å². The van der Waals surface area contributed by atoms with Crippen LogP contribution in [0.3, 0.4) is 0 Å². The molecule has 9 heteroatoms. The first-order chi connectivity index (χ1) is 14.2. The van der Waals surface area contributed by atoms with E-state index in [-0.39, 0.29) is 18.9 Å². The molecule has 0 radical (unpaired) electrons. The van der Waals surface area contributed by atoms with Crippen LogP contribution in [0.4, 0.5) is 0 Å². The number of morpholine rings is 1. The molecule has 0 spiro atoms. The van der Waals surface area contributed by atoms with Gasteiger partial charge in [0.15, 0.2) is 6.10 Å². The molecule has 1 amide bonds. The van der Waals surface area contributed by atoms with E-state index in [9.17, 15) is 4.79 Å². The topological polar surface area (TPSA) is 90.6 Å². The molecule has 0 N–H and O–H groups in total. The van der Waals surface area contributed by atoms with Gasteiger partial charge >= 0.3 is 0 Å². The molecular formula is C20H19ClN4O4. The number of hydrogen-bond donors (Lipinski definition) is 0. The lowest BCUT2D eigenvalue weighted by atomic mass is 10.2. The summed E-state index contributed by atoms with van der Waals surface area (Å²) in [6.07, 6.45) is 3.14. The van der Waals surface area contributed by atoms with Gasteiger partial charge in [-0.2, -0.15) is 4.98 Å². The van der Waals surface area contributed by atoms with E-state index >= 15 is 0 Å². The van der Waals surface area contributed by atoms with E-state index in [0.29, 0.717) is 42.2 Å². The van der Waals surface area contributed by atoms with E-state index in [1.807, 2.05) is 0 Å². The molecule has 0 saturated carbocycles. The number of carbonyl (C=O) groups is 1. The van der Waals surface area contributed by atoms with Gasteiger partial charge in [-0.25, -0.2) is 0 Å². The maximum atomic E-state index is 12.5. The molecule has 4 rings (SSSR count). The molecule has 1 aromatic carbocycles. The first kappa shape index (κ1) is 19.4. The molecule has 1 aliphatic heterocycles. The molecule has 150 valence electrons. The van der Waals surface area contributed by atoms with Crippen LogP contribution in [0.5, 0.6) is 5.75 Å². The average Bonchev–Trinajstić information content (AvgIpc) is 3.26. The Bertz CT molecular complexity index is 949. The van der Waals surface area contributed by atoms with Gasteiger partial charge in [0.05, 0.1) is 26.2 Å². The van der Waals surface area contributed by atoms with Gasteiger partial charge in [0.25, 0.3) is 5.89 Å². The molecule has 8 nitrogen and oxygen atoms in total. The van der Waals surface area contributed by atoms with Crippen molar-refractivity contribution in [3.8, 4) is 17.1 Å². The lowest BCUT2D eigenvalue weighted by Gasteiger charge is -2.31. The average molecular weight is 415 g/mol. The summed E-state index contributed by atoms with van der Waals surface area (Å²) in [6.45, 7) is 1.57. The molecule has 0 aliphatic carbocycles. The molecule has 1 fully saturated rings. The Morgan fingerprint density at radius 1 is 1.21 bits per heavy atom. The quantitative estimate of drug-likeness (QED) is 0.611. The third-order valence-corrected chi connectivity index (χ3v) is 4.73. The highest BCUT2D eigenvalue weighted by molar-refractivity contribution is 6.30. The minimum Gasteiger partial charge on any atom is -0.493 e. The lowest BCUT2D eigenvalue weighted by molar-refractivity contribution is -0.140. The fraction of sp³-hybridized carbons (Fsp3) is 0.300. The molecule has 0 bridgehead atoms. The smallest absolute Gasteiger partial charge is 0.257 e. The zero-order valence-corrected chi connectivity index (χ0v) is 16.3. The van der Waals surface area contributed by atoms with E-state index < -0.39 is 6.10 Å². The molecule has 1 saturated heterocycles. The van der Waals surface area contributed by atoms with Gasteiger partial charge in [-0.05, 0) is 36.4 Å². The van der Waals surface area contributed by atoms with E-state index in [2.05, 4.69) is 15.1 Å². The highest BCUT2D eigenvalue weighted by Gasteiger charge is 2.29. The number of ether oxygens (including phenoxy) is 2. The monoisotopic (exact) mass is 414 g/mol. The van der Waals surface area contributed by atoms with Gasteiger partial charge < -0.3 is 18.9 Å². The second-order valence-corrected chi connectivity index (χ2v) is 6.88. The predicted molar refractivity (Wildman–Crippen MR) is 104 cm³/mol. The highest BCUT2D eigenvalue weighted by Crippen LogP contribution is 2.24. The third-order valence-electron chi connectivity index (χ3n) is 4.47. The number of benzene rings is 1. The minimum atomic E-state index is -0.451. The van der Waals surface area contributed by atoms with Gasteiger partial charge in [-0.1, -0.05) is 16.8 Å². The minimum absolute atomic E-state index is 0.0128. The van der Waals surface area contributed by atoms with Gasteiger partial charge in [-0.3, -0.25) is 9.78 Å². The summed E-state index contributed by atoms with van der Waals surface area (Å²) in [6, 6.07) is 10.6. The molecule has 29 heavy (non-hydrogen) atoms. The third kappa shape index (κ3) is 4.90. The van der Waals surface area contributed by atoms with Crippen LogP contribution in [0.15, 0.2) is 53.3 Å². The fourth-order valence-corrected chi connectivity index (χ4v) is 3.08. The Morgan fingerprint density at radius 3 is 2.79 bits per heavy atom. The number of carbonyl (C=O) groups excluding carboxylic acids is 1. The Kier molecular flexibility index (Phi) is 6.02. The Morgan fingerprint density at radius 2 is 2.00 bits per heavy atom. The molecule has 1 atom stereocenters. The van der Waals surface area contributed by atoms with Crippen molar-refractivity contribution in [2.24, 2.45) is 0 Å². The molecule has 3 aromatic rings. The molecule has 2 aromatic heterocycles. The summed E-state index contributed by atoms with van der Waals surface area (Å²) >= 11 is 5.85. The lowest BCUT2D eigenvalue weighted by Crippen LogP contribution is -2.42. The summed E-state index contributed by atoms with van der Waals surface area (Å²) in [5, 5.41) is 4.63. The standard InChI is InChI=1S/C20H19ClN4O4/c21-15-1-3-16(4-2-15)27-11-7-18(26)25-10-12-28-17(13-25)20-23-19(24-29-20)14-5-8-22-9-6-14/h1-6,8-9,17H,7,10-13H2. The zero-order valence-electron chi connectivity index (χ0n) is 15.5. The van der Waals surface area contributed by atoms with E-state index in [0.717, 1.165) is 5.56 Å². The second kappa shape index (κ2) is 9.02. The Hall–Kier alpha value is -2.97. The van der Waals surface area contributed by atoms with Crippen LogP contribution in [-0.2, 0) is 9.53 Å². The predicted octanol–water partition coefficient (Wildman–Crippen LogP) is 3.15. The van der Waals surface area contributed by atoms with Crippen LogP contribution in [0.1, 0.15) is 18.4 Å². The fourth-order valence-electron chi connectivity index (χ4n) is 2.95. The van der Waals surface area contributed by atoms with Crippen LogP contribution in [0.2, 0.25) is 5.02 Å². The van der Waals surface area contributed by atoms with E-state index in [4.69, 9.17) is 25.6 Å². The number of hydrogen-bond acceptors (Lipinski definition) is 7. The molecule has 1 unspecified atom stereocenters. The van der Waals surface area contributed by atoms with Crippen molar-refractivity contribution in [3.63, 3.8) is 0 Å². The van der Waals surface area contributed by atoms with Gasteiger partial charge in [0.2, 0.25) is 11.7 Å².